The Morgan fingerprint density at radius 1 is 1.50 bits per heavy atom. The molecule has 0 atom stereocenters. The molecule has 1 aromatic heterocycles. The van der Waals surface area contributed by atoms with E-state index in [1.165, 1.54) is 23.0 Å². The van der Waals surface area contributed by atoms with Gasteiger partial charge < -0.3 is 5.11 Å². The molecule has 2 rings (SSSR count). The summed E-state index contributed by atoms with van der Waals surface area (Å²) in [6.07, 6.45) is 1.30. The third-order valence-corrected chi connectivity index (χ3v) is 1.99. The van der Waals surface area contributed by atoms with Crippen LogP contribution in [-0.4, -0.2) is 26.1 Å². The van der Waals surface area contributed by atoms with Crippen LogP contribution in [0.3, 0.4) is 0 Å². The average molecular weight is 221 g/mol. The summed E-state index contributed by atoms with van der Waals surface area (Å²) in [5, 5.41) is 15.7. The predicted molar refractivity (Wildman–Crippen MR) is 52.5 cm³/mol. The normalized spacial score (nSPS) is 10.3. The molecule has 1 aromatic carbocycles. The molecule has 82 valence electrons. The molecule has 6 heteroatoms. The van der Waals surface area contributed by atoms with Crippen LogP contribution >= 0.6 is 0 Å². The van der Waals surface area contributed by atoms with Crippen LogP contribution in [0.2, 0.25) is 0 Å². The first-order valence-corrected chi connectivity index (χ1v) is 4.53. The molecule has 0 radical (unpaired) electrons. The fraction of sp³-hybridized carbons (Fsp3) is 0.100. The second kappa shape index (κ2) is 4.09. The minimum atomic E-state index is -1.13. The molecule has 5 nitrogen and oxygen atoms in total. The van der Waals surface area contributed by atoms with Gasteiger partial charge in [-0.25, -0.2) is 13.9 Å². The number of nitrogens with zero attached hydrogens (tertiary/aromatic N) is 3. The highest BCUT2D eigenvalue weighted by Crippen LogP contribution is 2.05. The van der Waals surface area contributed by atoms with Crippen LogP contribution in [0.15, 0.2) is 30.5 Å². The van der Waals surface area contributed by atoms with E-state index in [-0.39, 0.29) is 18.1 Å². The summed E-state index contributed by atoms with van der Waals surface area (Å²) < 4.78 is 14.2. The van der Waals surface area contributed by atoms with E-state index in [1.807, 2.05) is 0 Å². The average Bonchev–Trinajstić information content (AvgIpc) is 2.66. The lowest BCUT2D eigenvalue weighted by atomic mass is 10.2. The maximum Gasteiger partial charge on any atom is 0.358 e. The van der Waals surface area contributed by atoms with Gasteiger partial charge in [0.2, 0.25) is 0 Å². The summed E-state index contributed by atoms with van der Waals surface area (Å²) in [6.45, 7) is 0.290. The van der Waals surface area contributed by atoms with E-state index in [1.54, 1.807) is 12.1 Å². The van der Waals surface area contributed by atoms with Crippen molar-refractivity contribution in [2.24, 2.45) is 0 Å². The molecule has 16 heavy (non-hydrogen) atoms. The minimum Gasteiger partial charge on any atom is -0.476 e. The summed E-state index contributed by atoms with van der Waals surface area (Å²) in [5.41, 5.74) is 0.568. The number of hydrogen-bond donors (Lipinski definition) is 1. The lowest BCUT2D eigenvalue weighted by molar-refractivity contribution is 0.0690. The fourth-order valence-electron chi connectivity index (χ4n) is 1.30. The maximum absolute atomic E-state index is 12.9. The van der Waals surface area contributed by atoms with E-state index in [2.05, 4.69) is 10.3 Å². The van der Waals surface area contributed by atoms with Crippen molar-refractivity contribution < 1.29 is 14.3 Å². The SMILES string of the molecule is O=C(O)c1cn(Cc2cccc(F)c2)nn1. The van der Waals surface area contributed by atoms with Crippen LogP contribution in [0.5, 0.6) is 0 Å². The van der Waals surface area contributed by atoms with Gasteiger partial charge in [-0.05, 0) is 17.7 Å². The van der Waals surface area contributed by atoms with Crippen molar-refractivity contribution >= 4 is 5.97 Å². The van der Waals surface area contributed by atoms with Gasteiger partial charge in [0.15, 0.2) is 5.69 Å². The summed E-state index contributed by atoms with van der Waals surface area (Å²) in [6, 6.07) is 6.01. The predicted octanol–water partition coefficient (Wildman–Crippen LogP) is 1.16. The molecule has 0 amide bonds. The van der Waals surface area contributed by atoms with Crippen molar-refractivity contribution in [3.8, 4) is 0 Å². The van der Waals surface area contributed by atoms with Gasteiger partial charge in [-0.1, -0.05) is 17.3 Å². The smallest absolute Gasteiger partial charge is 0.358 e. The van der Waals surface area contributed by atoms with E-state index in [9.17, 15) is 9.18 Å². The first-order chi connectivity index (χ1) is 7.65. The van der Waals surface area contributed by atoms with Gasteiger partial charge in [-0.2, -0.15) is 0 Å². The van der Waals surface area contributed by atoms with Gasteiger partial charge in [0.25, 0.3) is 0 Å². The van der Waals surface area contributed by atoms with Crippen LogP contribution in [0.4, 0.5) is 4.39 Å². The van der Waals surface area contributed by atoms with Crippen LogP contribution in [0.1, 0.15) is 16.1 Å². The molecule has 0 aliphatic heterocycles. The molecule has 0 saturated heterocycles. The zero-order valence-electron chi connectivity index (χ0n) is 8.17. The second-order valence-corrected chi connectivity index (χ2v) is 3.24. The van der Waals surface area contributed by atoms with Gasteiger partial charge in [0, 0.05) is 0 Å². The Labute approximate surface area is 90.1 Å². The number of aromatic carboxylic acids is 1. The number of rotatable bonds is 3. The van der Waals surface area contributed by atoms with E-state index in [0.717, 1.165) is 0 Å². The van der Waals surface area contributed by atoms with E-state index in [0.29, 0.717) is 5.56 Å². The zero-order valence-corrected chi connectivity index (χ0v) is 8.17. The first-order valence-electron chi connectivity index (χ1n) is 4.53. The Morgan fingerprint density at radius 2 is 2.31 bits per heavy atom. The van der Waals surface area contributed by atoms with Gasteiger partial charge in [0.1, 0.15) is 5.82 Å². The molecule has 2 aromatic rings. The second-order valence-electron chi connectivity index (χ2n) is 3.24. The van der Waals surface area contributed by atoms with E-state index >= 15 is 0 Å². The molecule has 1 heterocycles. The maximum atomic E-state index is 12.9. The third-order valence-electron chi connectivity index (χ3n) is 1.99. The third kappa shape index (κ3) is 2.22. The highest BCUT2D eigenvalue weighted by molar-refractivity contribution is 5.84. The minimum absolute atomic E-state index is 0.128. The van der Waals surface area contributed by atoms with Crippen molar-refractivity contribution in [3.05, 3.63) is 47.5 Å². The molecule has 0 spiro atoms. The lowest BCUT2D eigenvalue weighted by Crippen LogP contribution is -2.00. The van der Waals surface area contributed by atoms with E-state index < -0.39 is 5.97 Å². The number of carbonyl (C=O) groups is 1. The fourth-order valence-corrected chi connectivity index (χ4v) is 1.30. The van der Waals surface area contributed by atoms with Crippen molar-refractivity contribution in [1.29, 1.82) is 0 Å². The Bertz CT molecular complexity index is 524. The molecule has 0 aliphatic rings. The Balaban J connectivity index is 2.17. The summed E-state index contributed by atoms with van der Waals surface area (Å²) >= 11 is 0. The molecule has 0 saturated carbocycles. The molecule has 0 aliphatic carbocycles. The molecule has 0 fully saturated rings. The van der Waals surface area contributed by atoms with Crippen LogP contribution in [0, 0.1) is 5.82 Å². The number of benzene rings is 1. The van der Waals surface area contributed by atoms with Crippen LogP contribution in [-0.2, 0) is 6.54 Å². The highest BCUT2D eigenvalue weighted by atomic mass is 19.1. The van der Waals surface area contributed by atoms with Gasteiger partial charge in [0.05, 0.1) is 12.7 Å². The standard InChI is InChI=1S/C10H8FN3O2/c11-8-3-1-2-7(4-8)5-14-6-9(10(15)16)12-13-14/h1-4,6H,5H2,(H,15,16). The van der Waals surface area contributed by atoms with Gasteiger partial charge >= 0.3 is 5.97 Å². The molecular weight excluding hydrogens is 213 g/mol. The zero-order chi connectivity index (χ0) is 11.5. The highest BCUT2D eigenvalue weighted by Gasteiger charge is 2.08. The van der Waals surface area contributed by atoms with Crippen molar-refractivity contribution in [3.63, 3.8) is 0 Å². The number of hydrogen-bond acceptors (Lipinski definition) is 3. The van der Waals surface area contributed by atoms with E-state index in [4.69, 9.17) is 5.11 Å². The largest absolute Gasteiger partial charge is 0.476 e. The first kappa shape index (κ1) is 10.3. The number of carboxylic acid groups (broad SMARTS) is 1. The Morgan fingerprint density at radius 3 is 2.94 bits per heavy atom. The molecule has 1 N–H and O–H groups in total. The molecular formula is C10H8FN3O2. The Kier molecular flexibility index (Phi) is 2.63. The van der Waals surface area contributed by atoms with Crippen LogP contribution < -0.4 is 0 Å². The van der Waals surface area contributed by atoms with Gasteiger partial charge in [-0.15, -0.1) is 5.10 Å². The van der Waals surface area contributed by atoms with Crippen LogP contribution in [0.25, 0.3) is 0 Å². The van der Waals surface area contributed by atoms with Crippen molar-refractivity contribution in [2.45, 2.75) is 6.54 Å². The summed E-state index contributed by atoms with van der Waals surface area (Å²) in [4.78, 5) is 10.5. The number of carboxylic acids is 1. The van der Waals surface area contributed by atoms with Crippen molar-refractivity contribution in [1.82, 2.24) is 15.0 Å². The van der Waals surface area contributed by atoms with Gasteiger partial charge in [-0.3, -0.25) is 0 Å². The van der Waals surface area contributed by atoms with Crippen molar-refractivity contribution in [2.75, 3.05) is 0 Å². The number of aromatic nitrogens is 3. The molecule has 0 bridgehead atoms. The molecule has 0 unspecified atom stereocenters. The summed E-state index contributed by atoms with van der Waals surface area (Å²) in [7, 11) is 0. The number of halogens is 1. The Hall–Kier alpha value is -2.24. The monoisotopic (exact) mass is 221 g/mol. The topological polar surface area (TPSA) is 68.0 Å². The quantitative estimate of drug-likeness (QED) is 0.844. The summed E-state index contributed by atoms with van der Waals surface area (Å²) in [5.74, 6) is -1.47. The lowest BCUT2D eigenvalue weighted by Gasteiger charge is -1.99.